The lowest BCUT2D eigenvalue weighted by Crippen LogP contribution is -2.29. The molecule has 0 N–H and O–H groups in total. The summed E-state index contributed by atoms with van der Waals surface area (Å²) in [6.07, 6.45) is 2.23. The molecule has 0 amide bonds. The Morgan fingerprint density at radius 2 is 1.55 bits per heavy atom. The van der Waals surface area contributed by atoms with Crippen molar-refractivity contribution < 1.29 is 4.57 Å². The van der Waals surface area contributed by atoms with Crippen LogP contribution in [0.5, 0.6) is 0 Å². The second-order valence-electron chi connectivity index (χ2n) is 10.3. The van der Waals surface area contributed by atoms with Crippen LogP contribution in [-0.4, -0.2) is 4.40 Å². The molecule has 0 fully saturated rings. The summed E-state index contributed by atoms with van der Waals surface area (Å²) < 4.78 is 4.91. The first-order valence-electron chi connectivity index (χ1n) is 11.2. The summed E-state index contributed by atoms with van der Waals surface area (Å²) in [4.78, 5) is 0. The fourth-order valence-electron chi connectivity index (χ4n) is 5.74. The lowest BCUT2D eigenvalue weighted by atomic mass is 9.82. The van der Waals surface area contributed by atoms with Crippen LogP contribution in [0.15, 0.2) is 48.7 Å². The maximum atomic E-state index is 2.58. The summed E-state index contributed by atoms with van der Waals surface area (Å²) in [5.74, 6) is 0. The Balaban J connectivity index is 2.17. The monoisotopic (exact) mass is 405 g/mol. The van der Waals surface area contributed by atoms with E-state index in [-0.39, 0.29) is 5.41 Å². The van der Waals surface area contributed by atoms with Gasteiger partial charge in [-0.2, -0.15) is 0 Å². The van der Waals surface area contributed by atoms with Gasteiger partial charge in [-0.25, -0.2) is 4.57 Å². The molecule has 3 heterocycles. The van der Waals surface area contributed by atoms with Crippen molar-refractivity contribution in [3.05, 3.63) is 70.9 Å². The Morgan fingerprint density at radius 3 is 2.29 bits per heavy atom. The SMILES string of the molecule is Cc1cc(C(C)(C)C)c2c(c1C)c1c3c(cc[n+]1C)cc(C)c1c4ccccc4n2c13. The zero-order valence-corrected chi connectivity index (χ0v) is 19.5. The normalized spacial score (nSPS) is 13.0. The molecule has 0 aliphatic heterocycles. The number of nitrogens with zero attached hydrogens (tertiary/aromatic N) is 2. The molecule has 3 aromatic carbocycles. The minimum absolute atomic E-state index is 0.0358. The summed E-state index contributed by atoms with van der Waals surface area (Å²) in [5.41, 5.74) is 10.9. The van der Waals surface area contributed by atoms with Crippen molar-refractivity contribution in [2.24, 2.45) is 7.05 Å². The van der Waals surface area contributed by atoms with Gasteiger partial charge in [0.25, 0.3) is 0 Å². The quantitative estimate of drug-likeness (QED) is 0.146. The predicted molar refractivity (Wildman–Crippen MR) is 133 cm³/mol. The fourth-order valence-corrected chi connectivity index (χ4v) is 5.74. The van der Waals surface area contributed by atoms with Crippen LogP contribution in [0.3, 0.4) is 0 Å². The molecule has 3 aromatic heterocycles. The van der Waals surface area contributed by atoms with Crippen molar-refractivity contribution in [2.45, 2.75) is 47.0 Å². The van der Waals surface area contributed by atoms with Gasteiger partial charge in [0.15, 0.2) is 6.20 Å². The smallest absolute Gasteiger partial charge is 0.224 e. The molecule has 0 aliphatic carbocycles. The van der Waals surface area contributed by atoms with E-state index in [1.807, 2.05) is 0 Å². The second kappa shape index (κ2) is 5.76. The largest absolute Gasteiger partial charge is 0.307 e. The van der Waals surface area contributed by atoms with Gasteiger partial charge in [0.2, 0.25) is 5.52 Å². The molecule has 0 unspecified atom stereocenters. The van der Waals surface area contributed by atoms with Gasteiger partial charge < -0.3 is 4.40 Å². The summed E-state index contributed by atoms with van der Waals surface area (Å²) in [6, 6.07) is 16.0. The van der Waals surface area contributed by atoms with Crippen LogP contribution in [0.1, 0.15) is 43.0 Å². The van der Waals surface area contributed by atoms with Crippen LogP contribution in [-0.2, 0) is 12.5 Å². The maximum absolute atomic E-state index is 2.58. The molecule has 0 bridgehead atoms. The van der Waals surface area contributed by atoms with Crippen molar-refractivity contribution in [1.29, 1.82) is 0 Å². The number of hydrogen-bond donors (Lipinski definition) is 0. The van der Waals surface area contributed by atoms with Gasteiger partial charge in [0, 0.05) is 16.8 Å². The Kier molecular flexibility index (Phi) is 3.46. The molecule has 6 rings (SSSR count). The third-order valence-corrected chi connectivity index (χ3v) is 7.32. The number of hydrogen-bond acceptors (Lipinski definition) is 0. The topological polar surface area (TPSA) is 8.29 Å². The van der Waals surface area contributed by atoms with Gasteiger partial charge >= 0.3 is 0 Å². The van der Waals surface area contributed by atoms with Crippen molar-refractivity contribution in [3.8, 4) is 0 Å². The maximum Gasteiger partial charge on any atom is 0.224 e. The van der Waals surface area contributed by atoms with Crippen LogP contribution >= 0.6 is 0 Å². The minimum atomic E-state index is 0.0358. The Labute approximate surface area is 183 Å². The van der Waals surface area contributed by atoms with E-state index in [2.05, 4.69) is 106 Å². The highest BCUT2D eigenvalue weighted by atomic mass is 15.0. The van der Waals surface area contributed by atoms with E-state index in [0.29, 0.717) is 0 Å². The molecule has 154 valence electrons. The number of para-hydroxylation sites is 1. The van der Waals surface area contributed by atoms with Crippen molar-refractivity contribution in [2.75, 3.05) is 0 Å². The predicted octanol–water partition coefficient (Wildman–Crippen LogP) is 7.04. The lowest BCUT2D eigenvalue weighted by molar-refractivity contribution is -0.643. The second-order valence-corrected chi connectivity index (χ2v) is 10.3. The highest BCUT2D eigenvalue weighted by Gasteiger charge is 2.29. The van der Waals surface area contributed by atoms with Crippen LogP contribution in [0, 0.1) is 20.8 Å². The average molecular weight is 406 g/mol. The molecule has 0 aliphatic rings. The number of benzene rings is 3. The molecule has 2 nitrogen and oxygen atoms in total. The zero-order chi connectivity index (χ0) is 21.8. The van der Waals surface area contributed by atoms with E-state index in [1.165, 1.54) is 71.3 Å². The van der Waals surface area contributed by atoms with Crippen LogP contribution in [0.2, 0.25) is 0 Å². The van der Waals surface area contributed by atoms with E-state index in [4.69, 9.17) is 0 Å². The van der Waals surface area contributed by atoms with E-state index >= 15 is 0 Å². The third-order valence-electron chi connectivity index (χ3n) is 7.32. The standard InChI is InChI=1S/C29H29N2/c1-16-15-21(29(4,5)6)26-24(18(16)3)27-25-19(12-13-30(27)7)14-17(2)23-20-10-8-9-11-22(20)31(26)28(23)25/h8-15H,1-7H3/q+1. The Hall–Kier alpha value is -3.13. The average Bonchev–Trinajstić information content (AvgIpc) is 3.07. The molecule has 31 heavy (non-hydrogen) atoms. The lowest BCUT2D eigenvalue weighted by Gasteiger charge is -2.25. The molecular weight excluding hydrogens is 376 g/mol. The zero-order valence-electron chi connectivity index (χ0n) is 19.5. The first kappa shape index (κ1) is 18.6. The van der Waals surface area contributed by atoms with Crippen molar-refractivity contribution >= 4 is 49.0 Å². The molecule has 0 atom stereocenters. The molecule has 0 saturated heterocycles. The summed E-state index contributed by atoms with van der Waals surface area (Å²) >= 11 is 0. The van der Waals surface area contributed by atoms with Gasteiger partial charge in [-0.15, -0.1) is 0 Å². The van der Waals surface area contributed by atoms with Gasteiger partial charge in [0.1, 0.15) is 7.05 Å². The van der Waals surface area contributed by atoms with Gasteiger partial charge in [0.05, 0.1) is 27.3 Å². The summed E-state index contributed by atoms with van der Waals surface area (Å²) in [7, 11) is 2.20. The molecule has 0 spiro atoms. The molecule has 2 heteroatoms. The third kappa shape index (κ3) is 2.20. The first-order chi connectivity index (χ1) is 14.7. The number of fused-ring (bicyclic) bond motifs is 6. The number of rotatable bonds is 0. The Bertz CT molecular complexity index is 1690. The van der Waals surface area contributed by atoms with E-state index in [9.17, 15) is 0 Å². The van der Waals surface area contributed by atoms with Gasteiger partial charge in [-0.1, -0.05) is 51.1 Å². The molecular formula is C29H29N2+. The van der Waals surface area contributed by atoms with Crippen molar-refractivity contribution in [1.82, 2.24) is 4.40 Å². The van der Waals surface area contributed by atoms with Gasteiger partial charge in [-0.3, -0.25) is 0 Å². The highest BCUT2D eigenvalue weighted by Crippen LogP contribution is 2.45. The summed E-state index contributed by atoms with van der Waals surface area (Å²) in [5, 5.41) is 6.82. The fraction of sp³-hybridized carbons (Fsp3) is 0.276. The van der Waals surface area contributed by atoms with E-state index in [1.54, 1.807) is 0 Å². The summed E-state index contributed by atoms with van der Waals surface area (Å²) in [6.45, 7) is 13.8. The van der Waals surface area contributed by atoms with Gasteiger partial charge in [-0.05, 0) is 59.9 Å². The Morgan fingerprint density at radius 1 is 0.806 bits per heavy atom. The number of pyridine rings is 2. The van der Waals surface area contributed by atoms with E-state index in [0.717, 1.165) is 0 Å². The van der Waals surface area contributed by atoms with Crippen molar-refractivity contribution in [3.63, 3.8) is 0 Å². The minimum Gasteiger partial charge on any atom is -0.307 e. The highest BCUT2D eigenvalue weighted by molar-refractivity contribution is 6.28. The number of aryl methyl sites for hydroxylation is 4. The van der Waals surface area contributed by atoms with Crippen LogP contribution in [0.25, 0.3) is 49.0 Å². The number of aromatic nitrogens is 2. The molecule has 6 aromatic rings. The molecule has 0 saturated carbocycles. The van der Waals surface area contributed by atoms with Crippen LogP contribution in [0.4, 0.5) is 0 Å². The van der Waals surface area contributed by atoms with E-state index < -0.39 is 0 Å². The first-order valence-corrected chi connectivity index (χ1v) is 11.2. The van der Waals surface area contributed by atoms with Crippen LogP contribution < -0.4 is 4.57 Å². The molecule has 0 radical (unpaired) electrons.